The van der Waals surface area contributed by atoms with Crippen LogP contribution in [-0.4, -0.2) is 84.1 Å². The molecule has 2 aromatic carbocycles. The monoisotopic (exact) mass is 733 g/mol. The Kier molecular flexibility index (Phi) is 10.7. The van der Waals surface area contributed by atoms with E-state index in [9.17, 15) is 27.6 Å². The summed E-state index contributed by atoms with van der Waals surface area (Å²) in [6.45, 7) is 4.02. The Labute approximate surface area is 287 Å². The summed E-state index contributed by atoms with van der Waals surface area (Å²) in [6, 6.07) is 10.9. The number of nitrogens with zero attached hydrogens (tertiary/aromatic N) is 3. The Balaban J connectivity index is 1.23. The normalized spacial score (nSPS) is 24.8. The molecule has 260 valence electrons. The number of hydrogen-bond acceptors (Lipinski definition) is 6. The Bertz CT molecular complexity index is 1480. The van der Waals surface area contributed by atoms with Crippen molar-refractivity contribution >= 4 is 40.0 Å². The molecule has 3 fully saturated rings. The van der Waals surface area contributed by atoms with Gasteiger partial charge >= 0.3 is 18.3 Å². The van der Waals surface area contributed by atoms with Crippen LogP contribution >= 0.6 is 15.9 Å². The number of nitrogens with one attached hydrogen (secondary N) is 2. The zero-order valence-corrected chi connectivity index (χ0v) is 28.5. The number of para-hydroxylation sites is 1. The van der Waals surface area contributed by atoms with Gasteiger partial charge in [0, 0.05) is 55.2 Å². The largest absolute Gasteiger partial charge is 0.445 e. The quantitative estimate of drug-likeness (QED) is 0.310. The number of ether oxygens (including phenoxy) is 1. The third-order valence-electron chi connectivity index (χ3n) is 10.8. The maximum atomic E-state index is 13.9. The van der Waals surface area contributed by atoms with E-state index in [2.05, 4.69) is 31.5 Å². The lowest BCUT2D eigenvalue weighted by molar-refractivity contribution is -0.138. The average molecular weight is 735 g/mol. The van der Waals surface area contributed by atoms with Gasteiger partial charge in [0.25, 0.3) is 0 Å². The number of benzene rings is 2. The SMILES string of the molecule is O=CC[C@@]1(N2CCC(C3CCNCC3)CC2)C[C@H](N2CCc3ccccc3NC2=O)CCN1C(=O)OCc1ccc(C(F)(F)F)c(Br)c1. The minimum absolute atomic E-state index is 0.0537. The van der Waals surface area contributed by atoms with Gasteiger partial charge in [-0.1, -0.05) is 40.2 Å². The van der Waals surface area contributed by atoms with Crippen molar-refractivity contribution in [3.05, 3.63) is 63.6 Å². The first-order valence-corrected chi connectivity index (χ1v) is 17.7. The molecule has 0 radical (unpaired) electrons. The van der Waals surface area contributed by atoms with Gasteiger partial charge in [-0.05, 0) is 92.8 Å². The fraction of sp³-hybridized carbons (Fsp3) is 0.571. The second-order valence-electron chi connectivity index (χ2n) is 13.5. The molecule has 3 saturated heterocycles. The molecule has 0 aromatic heterocycles. The van der Waals surface area contributed by atoms with Crippen LogP contribution in [0.15, 0.2) is 46.9 Å². The van der Waals surface area contributed by atoms with Crippen molar-refractivity contribution in [2.24, 2.45) is 11.8 Å². The molecule has 2 atom stereocenters. The van der Waals surface area contributed by atoms with E-state index in [-0.39, 0.29) is 36.1 Å². The van der Waals surface area contributed by atoms with E-state index < -0.39 is 23.5 Å². The number of urea groups is 1. The Morgan fingerprint density at radius 1 is 1.00 bits per heavy atom. The average Bonchev–Trinajstić information content (AvgIpc) is 3.25. The molecule has 0 bridgehead atoms. The molecule has 2 aromatic rings. The molecule has 48 heavy (non-hydrogen) atoms. The van der Waals surface area contributed by atoms with Crippen molar-refractivity contribution in [3.63, 3.8) is 0 Å². The number of carbonyl (C=O) groups excluding carboxylic acids is 3. The van der Waals surface area contributed by atoms with Crippen LogP contribution < -0.4 is 10.6 Å². The van der Waals surface area contributed by atoms with Gasteiger partial charge < -0.3 is 25.1 Å². The highest BCUT2D eigenvalue weighted by atomic mass is 79.9. The maximum absolute atomic E-state index is 13.9. The third-order valence-corrected chi connectivity index (χ3v) is 11.5. The standard InChI is InChI=1S/C35H43BrF3N5O4/c36-30-21-24(5-6-29(30)35(37,38)39)23-48-33(47)44-19-12-28(43-18-11-27-3-1-2-4-31(27)41-32(43)46)22-34(44,13-20-45)42-16-9-26(10-17-42)25-7-14-40-15-8-25/h1-6,20-21,25-26,28,40H,7-19,22-23H2,(H,41,46)/t28-,34+/m1/s1. The molecule has 4 heterocycles. The van der Waals surface area contributed by atoms with Crippen molar-refractivity contribution < 1.29 is 32.3 Å². The van der Waals surface area contributed by atoms with E-state index in [0.29, 0.717) is 56.3 Å². The van der Waals surface area contributed by atoms with Crippen molar-refractivity contribution in [2.45, 2.75) is 75.9 Å². The van der Waals surface area contributed by atoms with E-state index >= 15 is 0 Å². The summed E-state index contributed by atoms with van der Waals surface area (Å²) in [5, 5.41) is 6.50. The molecule has 3 amide bonds. The third kappa shape index (κ3) is 7.38. The summed E-state index contributed by atoms with van der Waals surface area (Å²) < 4.78 is 45.5. The summed E-state index contributed by atoms with van der Waals surface area (Å²) in [6.07, 6.45) is 1.55. The fourth-order valence-electron chi connectivity index (χ4n) is 8.30. The highest BCUT2D eigenvalue weighted by Gasteiger charge is 2.52. The topological polar surface area (TPSA) is 94.2 Å². The summed E-state index contributed by atoms with van der Waals surface area (Å²) in [4.78, 5) is 45.8. The van der Waals surface area contributed by atoms with Gasteiger partial charge in [-0.25, -0.2) is 9.59 Å². The summed E-state index contributed by atoms with van der Waals surface area (Å²) in [5.74, 6) is 1.23. The number of carbonyl (C=O) groups is 3. The zero-order valence-electron chi connectivity index (χ0n) is 26.9. The number of piperidine rings is 3. The van der Waals surface area contributed by atoms with Gasteiger partial charge in [0.15, 0.2) is 0 Å². The van der Waals surface area contributed by atoms with Gasteiger partial charge in [-0.3, -0.25) is 9.80 Å². The first kappa shape index (κ1) is 34.7. The lowest BCUT2D eigenvalue weighted by atomic mass is 9.77. The maximum Gasteiger partial charge on any atom is 0.417 e. The Morgan fingerprint density at radius 3 is 2.44 bits per heavy atom. The van der Waals surface area contributed by atoms with E-state index in [1.807, 2.05) is 29.2 Å². The first-order chi connectivity index (χ1) is 23.1. The molecule has 0 saturated carbocycles. The smallest absolute Gasteiger partial charge is 0.417 e. The van der Waals surface area contributed by atoms with Crippen LogP contribution in [0.4, 0.5) is 28.4 Å². The number of halogens is 4. The summed E-state index contributed by atoms with van der Waals surface area (Å²) >= 11 is 3.00. The molecule has 4 aliphatic heterocycles. The molecular weight excluding hydrogens is 691 g/mol. The van der Waals surface area contributed by atoms with Crippen molar-refractivity contribution in [2.75, 3.05) is 44.6 Å². The number of fused-ring (bicyclic) bond motifs is 1. The summed E-state index contributed by atoms with van der Waals surface area (Å²) in [7, 11) is 0. The van der Waals surface area contributed by atoms with Crippen LogP contribution in [0, 0.1) is 11.8 Å². The second-order valence-corrected chi connectivity index (χ2v) is 14.3. The van der Waals surface area contributed by atoms with Gasteiger partial charge in [0.05, 0.1) is 5.56 Å². The second kappa shape index (κ2) is 14.8. The summed E-state index contributed by atoms with van der Waals surface area (Å²) in [5.41, 5.74) is 0.436. The highest BCUT2D eigenvalue weighted by Crippen LogP contribution is 2.42. The molecule has 13 heteroatoms. The van der Waals surface area contributed by atoms with Crippen LogP contribution in [0.1, 0.15) is 61.6 Å². The number of amides is 3. The van der Waals surface area contributed by atoms with Crippen LogP contribution in [-0.2, 0) is 28.7 Å². The van der Waals surface area contributed by atoms with E-state index in [1.165, 1.54) is 12.1 Å². The Hall–Kier alpha value is -3.16. The molecule has 6 rings (SSSR count). The molecule has 9 nitrogen and oxygen atoms in total. The van der Waals surface area contributed by atoms with Crippen molar-refractivity contribution in [1.82, 2.24) is 20.0 Å². The van der Waals surface area contributed by atoms with Crippen LogP contribution in [0.2, 0.25) is 0 Å². The number of aldehydes is 1. The van der Waals surface area contributed by atoms with E-state index in [0.717, 1.165) is 62.4 Å². The lowest BCUT2D eigenvalue weighted by Crippen LogP contribution is -2.69. The number of rotatable bonds is 7. The van der Waals surface area contributed by atoms with E-state index in [4.69, 9.17) is 4.74 Å². The lowest BCUT2D eigenvalue weighted by Gasteiger charge is -2.56. The number of anilines is 1. The van der Waals surface area contributed by atoms with Crippen LogP contribution in [0.25, 0.3) is 0 Å². The van der Waals surface area contributed by atoms with Gasteiger partial charge in [0.1, 0.15) is 18.6 Å². The van der Waals surface area contributed by atoms with Crippen molar-refractivity contribution in [1.29, 1.82) is 0 Å². The van der Waals surface area contributed by atoms with Crippen molar-refractivity contribution in [3.8, 4) is 0 Å². The van der Waals surface area contributed by atoms with E-state index in [1.54, 1.807) is 4.90 Å². The molecule has 0 spiro atoms. The van der Waals surface area contributed by atoms with Crippen LogP contribution in [0.3, 0.4) is 0 Å². The predicted molar refractivity (Wildman–Crippen MR) is 178 cm³/mol. The van der Waals surface area contributed by atoms with Gasteiger partial charge in [-0.2, -0.15) is 13.2 Å². The van der Waals surface area contributed by atoms with Crippen LogP contribution in [0.5, 0.6) is 0 Å². The first-order valence-electron chi connectivity index (χ1n) is 16.9. The molecule has 0 unspecified atom stereocenters. The minimum atomic E-state index is -4.51. The predicted octanol–water partition coefficient (Wildman–Crippen LogP) is 6.66. The molecule has 4 aliphatic rings. The fourth-order valence-corrected chi connectivity index (χ4v) is 8.95. The number of alkyl halides is 3. The zero-order chi connectivity index (χ0) is 33.9. The number of hydrogen-bond donors (Lipinski definition) is 2. The minimum Gasteiger partial charge on any atom is -0.445 e. The number of likely N-dealkylation sites (tertiary alicyclic amines) is 2. The van der Waals surface area contributed by atoms with Gasteiger partial charge in [-0.15, -0.1) is 0 Å². The van der Waals surface area contributed by atoms with Gasteiger partial charge in [0.2, 0.25) is 0 Å². The molecule has 0 aliphatic carbocycles. The highest BCUT2D eigenvalue weighted by molar-refractivity contribution is 9.10. The molecule has 2 N–H and O–H groups in total. The Morgan fingerprint density at radius 2 is 1.73 bits per heavy atom. The molecular formula is C35H43BrF3N5O4.